The summed E-state index contributed by atoms with van der Waals surface area (Å²) in [7, 11) is 0. The Morgan fingerprint density at radius 3 is 2.74 bits per heavy atom. The molecule has 0 radical (unpaired) electrons. The Morgan fingerprint density at radius 1 is 1.05 bits per heavy atom. The monoisotopic (exact) mass is 251 g/mol. The van der Waals surface area contributed by atoms with Gasteiger partial charge in [-0.3, -0.25) is 4.98 Å². The van der Waals surface area contributed by atoms with Gasteiger partial charge in [0.05, 0.1) is 18.1 Å². The third kappa shape index (κ3) is 2.77. The van der Waals surface area contributed by atoms with Gasteiger partial charge in [-0.15, -0.1) is 0 Å². The van der Waals surface area contributed by atoms with Gasteiger partial charge in [-0.1, -0.05) is 18.2 Å². The Kier molecular flexibility index (Phi) is 3.18. The Balaban J connectivity index is 1.69. The number of nitrogens with one attached hydrogen (secondary N) is 1. The maximum absolute atomic E-state index is 4.34. The zero-order valence-electron chi connectivity index (χ0n) is 10.3. The fourth-order valence-electron chi connectivity index (χ4n) is 1.76. The predicted octanol–water partition coefficient (Wildman–Crippen LogP) is 2.27. The molecule has 1 aromatic carbocycles. The van der Waals surface area contributed by atoms with Gasteiger partial charge in [-0.25, -0.2) is 9.67 Å². The molecule has 94 valence electrons. The van der Waals surface area contributed by atoms with E-state index in [4.69, 9.17) is 0 Å². The second-order valence-corrected chi connectivity index (χ2v) is 4.07. The molecule has 0 spiro atoms. The fourth-order valence-corrected chi connectivity index (χ4v) is 1.76. The van der Waals surface area contributed by atoms with Crippen molar-refractivity contribution in [3.63, 3.8) is 0 Å². The molecule has 3 rings (SSSR count). The second kappa shape index (κ2) is 5.30. The van der Waals surface area contributed by atoms with Crippen LogP contribution < -0.4 is 5.32 Å². The first-order valence-corrected chi connectivity index (χ1v) is 6.01. The van der Waals surface area contributed by atoms with E-state index >= 15 is 0 Å². The summed E-state index contributed by atoms with van der Waals surface area (Å²) in [5.74, 6) is 0.759. The largest absolute Gasteiger partial charge is 0.365 e. The molecule has 0 atom stereocenters. The van der Waals surface area contributed by atoms with Crippen molar-refractivity contribution in [1.82, 2.24) is 19.7 Å². The molecule has 0 aliphatic carbocycles. The normalized spacial score (nSPS) is 10.3. The molecular formula is C14H13N5. The molecule has 3 aromatic rings. The minimum atomic E-state index is 0.672. The molecule has 0 saturated heterocycles. The van der Waals surface area contributed by atoms with Crippen molar-refractivity contribution in [2.45, 2.75) is 6.54 Å². The molecule has 1 N–H and O–H groups in total. The van der Waals surface area contributed by atoms with E-state index in [-0.39, 0.29) is 0 Å². The van der Waals surface area contributed by atoms with Gasteiger partial charge in [-0.05, 0) is 12.1 Å². The van der Waals surface area contributed by atoms with E-state index in [9.17, 15) is 0 Å². The lowest BCUT2D eigenvalue weighted by atomic mass is 10.3. The maximum Gasteiger partial charge on any atom is 0.144 e. The van der Waals surface area contributed by atoms with Crippen LogP contribution in [-0.4, -0.2) is 19.7 Å². The predicted molar refractivity (Wildman–Crippen MR) is 72.9 cm³/mol. The highest BCUT2D eigenvalue weighted by Gasteiger charge is 2.00. The van der Waals surface area contributed by atoms with Crippen LogP contribution in [0.3, 0.4) is 0 Å². The number of hydrogen-bond donors (Lipinski definition) is 1. The van der Waals surface area contributed by atoms with E-state index < -0.39 is 0 Å². The summed E-state index contributed by atoms with van der Waals surface area (Å²) in [6.45, 7) is 0.672. The van der Waals surface area contributed by atoms with E-state index in [1.54, 1.807) is 18.6 Å². The molecule has 0 aliphatic heterocycles. The molecular weight excluding hydrogens is 238 g/mol. The summed E-state index contributed by atoms with van der Waals surface area (Å²) >= 11 is 0. The van der Waals surface area contributed by atoms with Crippen LogP contribution in [0.25, 0.3) is 5.69 Å². The molecule has 5 heteroatoms. The summed E-state index contributed by atoms with van der Waals surface area (Å²) in [6, 6.07) is 10.0. The van der Waals surface area contributed by atoms with E-state index in [1.165, 1.54) is 0 Å². The van der Waals surface area contributed by atoms with Gasteiger partial charge in [0.15, 0.2) is 0 Å². The highest BCUT2D eigenvalue weighted by atomic mass is 15.3. The molecule has 0 saturated carbocycles. The average molecular weight is 251 g/mol. The molecule has 0 unspecified atom stereocenters. The van der Waals surface area contributed by atoms with Crippen molar-refractivity contribution in [2.75, 3.05) is 5.32 Å². The third-order valence-corrected chi connectivity index (χ3v) is 2.69. The van der Waals surface area contributed by atoms with E-state index in [2.05, 4.69) is 20.4 Å². The van der Waals surface area contributed by atoms with Gasteiger partial charge < -0.3 is 5.32 Å². The van der Waals surface area contributed by atoms with Crippen LogP contribution in [-0.2, 0) is 6.54 Å². The van der Waals surface area contributed by atoms with Gasteiger partial charge >= 0.3 is 0 Å². The first-order valence-electron chi connectivity index (χ1n) is 6.01. The van der Waals surface area contributed by atoms with Crippen LogP contribution in [0.4, 0.5) is 5.82 Å². The number of anilines is 1. The Morgan fingerprint density at radius 2 is 1.95 bits per heavy atom. The first kappa shape index (κ1) is 11.4. The van der Waals surface area contributed by atoms with Gasteiger partial charge in [0, 0.05) is 30.7 Å². The minimum absolute atomic E-state index is 0.672. The quantitative estimate of drug-likeness (QED) is 0.773. The molecule has 0 fully saturated rings. The summed E-state index contributed by atoms with van der Waals surface area (Å²) in [4.78, 5) is 8.16. The first-order chi connectivity index (χ1) is 9.42. The zero-order chi connectivity index (χ0) is 12.9. The minimum Gasteiger partial charge on any atom is -0.365 e. The van der Waals surface area contributed by atoms with Gasteiger partial charge in [0.25, 0.3) is 0 Å². The number of benzene rings is 1. The van der Waals surface area contributed by atoms with Gasteiger partial charge in [0.1, 0.15) is 5.82 Å². The number of para-hydroxylation sites is 1. The molecule has 19 heavy (non-hydrogen) atoms. The van der Waals surface area contributed by atoms with Crippen molar-refractivity contribution in [2.24, 2.45) is 0 Å². The van der Waals surface area contributed by atoms with Gasteiger partial charge in [-0.2, -0.15) is 5.10 Å². The maximum atomic E-state index is 4.34. The lowest BCUT2D eigenvalue weighted by Gasteiger charge is -2.02. The van der Waals surface area contributed by atoms with Crippen LogP contribution in [0.15, 0.2) is 61.3 Å². The number of aromatic nitrogens is 4. The smallest absolute Gasteiger partial charge is 0.144 e. The molecule has 0 aliphatic rings. The van der Waals surface area contributed by atoms with Crippen molar-refractivity contribution in [3.8, 4) is 5.69 Å². The lowest BCUT2D eigenvalue weighted by molar-refractivity contribution is 0.880. The third-order valence-electron chi connectivity index (χ3n) is 2.69. The standard InChI is InChI=1S/C14H13N5/c1-2-4-13(5-3-1)19-11-12(9-18-19)8-17-14-10-15-6-7-16-14/h1-7,9-11H,8H2,(H,16,17). The second-order valence-electron chi connectivity index (χ2n) is 4.07. The molecule has 5 nitrogen and oxygen atoms in total. The Bertz CT molecular complexity index is 633. The van der Waals surface area contributed by atoms with Crippen molar-refractivity contribution in [1.29, 1.82) is 0 Å². The summed E-state index contributed by atoms with van der Waals surface area (Å²) < 4.78 is 1.85. The number of nitrogens with zero attached hydrogens (tertiary/aromatic N) is 4. The van der Waals surface area contributed by atoms with Crippen molar-refractivity contribution >= 4 is 5.82 Å². The topological polar surface area (TPSA) is 55.6 Å². The van der Waals surface area contributed by atoms with Crippen LogP contribution in [0, 0.1) is 0 Å². The summed E-state index contributed by atoms with van der Waals surface area (Å²) in [5.41, 5.74) is 2.14. The summed E-state index contributed by atoms with van der Waals surface area (Å²) in [6.07, 6.45) is 8.85. The Hall–Kier alpha value is -2.69. The van der Waals surface area contributed by atoms with E-state index in [0.29, 0.717) is 6.54 Å². The Labute approximate surface area is 111 Å². The average Bonchev–Trinajstić information content (AvgIpc) is 2.96. The highest BCUT2D eigenvalue weighted by molar-refractivity contribution is 5.33. The molecule has 0 amide bonds. The van der Waals surface area contributed by atoms with Crippen LogP contribution in [0.5, 0.6) is 0 Å². The zero-order valence-corrected chi connectivity index (χ0v) is 10.3. The van der Waals surface area contributed by atoms with E-state index in [0.717, 1.165) is 17.1 Å². The van der Waals surface area contributed by atoms with Gasteiger partial charge in [0.2, 0.25) is 0 Å². The SMILES string of the molecule is c1ccc(-n2cc(CNc3cnccn3)cn2)cc1. The molecule has 0 bridgehead atoms. The lowest BCUT2D eigenvalue weighted by Crippen LogP contribution is -2.00. The number of hydrogen-bond acceptors (Lipinski definition) is 4. The number of rotatable bonds is 4. The highest BCUT2D eigenvalue weighted by Crippen LogP contribution is 2.09. The van der Waals surface area contributed by atoms with Crippen molar-refractivity contribution < 1.29 is 0 Å². The van der Waals surface area contributed by atoms with Crippen molar-refractivity contribution in [3.05, 3.63) is 66.9 Å². The van der Waals surface area contributed by atoms with Crippen LogP contribution >= 0.6 is 0 Å². The summed E-state index contributed by atoms with van der Waals surface area (Å²) in [5, 5.41) is 7.54. The fraction of sp³-hybridized carbons (Fsp3) is 0.0714. The molecule has 2 heterocycles. The van der Waals surface area contributed by atoms with E-state index in [1.807, 2.05) is 47.4 Å². The van der Waals surface area contributed by atoms with Crippen LogP contribution in [0.1, 0.15) is 5.56 Å². The van der Waals surface area contributed by atoms with Crippen LogP contribution in [0.2, 0.25) is 0 Å². The molecule has 2 aromatic heterocycles.